The minimum Gasteiger partial charge on any atom is -0.245 e. The van der Waals surface area contributed by atoms with Crippen molar-refractivity contribution in [3.63, 3.8) is 0 Å². The summed E-state index contributed by atoms with van der Waals surface area (Å²) in [4.78, 5) is 9.01. The van der Waals surface area contributed by atoms with Crippen molar-refractivity contribution in [2.24, 2.45) is 5.10 Å². The zero-order chi connectivity index (χ0) is 15.9. The van der Waals surface area contributed by atoms with Gasteiger partial charge in [0.05, 0.1) is 5.71 Å². The van der Waals surface area contributed by atoms with Gasteiger partial charge >= 0.3 is 0 Å². The zero-order valence-electron chi connectivity index (χ0n) is 13.8. The fourth-order valence-corrected chi connectivity index (χ4v) is 2.16. The average molecular weight is 296 g/mol. The number of hydrazone groups is 1. The van der Waals surface area contributed by atoms with Gasteiger partial charge in [-0.3, -0.25) is 0 Å². The standard InChI is InChI=1S/C18H24N4/c1-5-7-17-12-16(6-2)19-18(20-17)22-21-14(4)15-10-8-13(3)9-11-15/h8-12H,5-7H2,1-4H3,(H,19,20,22). The molecule has 0 amide bonds. The molecule has 0 unspecified atom stereocenters. The predicted molar refractivity (Wildman–Crippen MR) is 92.4 cm³/mol. The Hall–Kier alpha value is -2.23. The molecule has 0 aliphatic heterocycles. The molecule has 0 aliphatic rings. The number of anilines is 1. The Labute approximate surface area is 132 Å². The minimum atomic E-state index is 0.578. The molecular formula is C18H24N4. The number of hydrogen-bond acceptors (Lipinski definition) is 4. The molecule has 0 radical (unpaired) electrons. The Morgan fingerprint density at radius 3 is 2.41 bits per heavy atom. The molecule has 0 saturated carbocycles. The van der Waals surface area contributed by atoms with Crippen LogP contribution in [0.2, 0.25) is 0 Å². The first-order valence-electron chi connectivity index (χ1n) is 7.86. The third kappa shape index (κ3) is 4.38. The highest BCUT2D eigenvalue weighted by Gasteiger charge is 2.03. The Bertz CT molecular complexity index is 645. The summed E-state index contributed by atoms with van der Waals surface area (Å²) in [5, 5.41) is 4.41. The molecule has 1 N–H and O–H groups in total. The van der Waals surface area contributed by atoms with E-state index in [1.165, 1.54) is 5.56 Å². The Balaban J connectivity index is 2.17. The van der Waals surface area contributed by atoms with Crippen molar-refractivity contribution in [2.45, 2.75) is 47.0 Å². The number of rotatable bonds is 6. The number of nitrogens with one attached hydrogen (secondary N) is 1. The Morgan fingerprint density at radius 2 is 1.77 bits per heavy atom. The highest BCUT2D eigenvalue weighted by atomic mass is 15.4. The van der Waals surface area contributed by atoms with Gasteiger partial charge in [-0.1, -0.05) is 50.1 Å². The van der Waals surface area contributed by atoms with Crippen molar-refractivity contribution in [3.05, 3.63) is 52.8 Å². The van der Waals surface area contributed by atoms with Gasteiger partial charge in [-0.2, -0.15) is 5.10 Å². The molecule has 0 saturated heterocycles. The summed E-state index contributed by atoms with van der Waals surface area (Å²) >= 11 is 0. The molecule has 0 aliphatic carbocycles. The normalized spacial score (nSPS) is 11.5. The molecule has 1 heterocycles. The van der Waals surface area contributed by atoms with Gasteiger partial charge in [0.25, 0.3) is 0 Å². The molecule has 4 nitrogen and oxygen atoms in total. The molecule has 0 fully saturated rings. The first-order valence-corrected chi connectivity index (χ1v) is 7.86. The average Bonchev–Trinajstić information content (AvgIpc) is 2.53. The van der Waals surface area contributed by atoms with Crippen molar-refractivity contribution in [3.8, 4) is 0 Å². The highest BCUT2D eigenvalue weighted by molar-refractivity contribution is 5.99. The largest absolute Gasteiger partial charge is 0.245 e. The maximum Gasteiger partial charge on any atom is 0.243 e. The van der Waals surface area contributed by atoms with E-state index in [9.17, 15) is 0 Å². The second kappa shape index (κ2) is 7.69. The number of hydrogen-bond donors (Lipinski definition) is 1. The molecule has 2 aromatic rings. The topological polar surface area (TPSA) is 50.2 Å². The van der Waals surface area contributed by atoms with Crippen LogP contribution in [-0.2, 0) is 12.8 Å². The van der Waals surface area contributed by atoms with Crippen LogP contribution in [0.15, 0.2) is 35.4 Å². The molecule has 0 spiro atoms. The summed E-state index contributed by atoms with van der Waals surface area (Å²) in [5.74, 6) is 0.578. The fraction of sp³-hybridized carbons (Fsp3) is 0.389. The van der Waals surface area contributed by atoms with Crippen LogP contribution in [0.3, 0.4) is 0 Å². The van der Waals surface area contributed by atoms with E-state index in [1.807, 2.05) is 6.92 Å². The van der Waals surface area contributed by atoms with Gasteiger partial charge in [0.15, 0.2) is 0 Å². The molecule has 0 atom stereocenters. The van der Waals surface area contributed by atoms with Gasteiger partial charge < -0.3 is 0 Å². The van der Waals surface area contributed by atoms with E-state index in [4.69, 9.17) is 0 Å². The highest BCUT2D eigenvalue weighted by Crippen LogP contribution is 2.10. The lowest BCUT2D eigenvalue weighted by molar-refractivity contribution is 0.856. The first-order chi connectivity index (χ1) is 10.6. The first kappa shape index (κ1) is 16.1. The van der Waals surface area contributed by atoms with Gasteiger partial charge in [0.1, 0.15) is 0 Å². The Kier molecular flexibility index (Phi) is 5.64. The van der Waals surface area contributed by atoms with Crippen LogP contribution in [0.25, 0.3) is 0 Å². The lowest BCUT2D eigenvalue weighted by atomic mass is 10.1. The summed E-state index contributed by atoms with van der Waals surface area (Å²) < 4.78 is 0. The van der Waals surface area contributed by atoms with E-state index in [2.05, 4.69) is 71.6 Å². The molecule has 22 heavy (non-hydrogen) atoms. The second-order valence-electron chi connectivity index (χ2n) is 5.45. The molecule has 1 aromatic carbocycles. The van der Waals surface area contributed by atoms with E-state index in [0.717, 1.165) is 41.9 Å². The summed E-state index contributed by atoms with van der Waals surface area (Å²) in [7, 11) is 0. The van der Waals surface area contributed by atoms with E-state index in [-0.39, 0.29) is 0 Å². The fourth-order valence-electron chi connectivity index (χ4n) is 2.16. The maximum atomic E-state index is 4.52. The third-order valence-electron chi connectivity index (χ3n) is 3.49. The molecule has 116 valence electrons. The third-order valence-corrected chi connectivity index (χ3v) is 3.49. The van der Waals surface area contributed by atoms with Crippen LogP contribution < -0.4 is 5.43 Å². The van der Waals surface area contributed by atoms with Gasteiger partial charge in [0.2, 0.25) is 5.95 Å². The van der Waals surface area contributed by atoms with Crippen LogP contribution >= 0.6 is 0 Å². The number of nitrogens with zero attached hydrogens (tertiary/aromatic N) is 3. The Morgan fingerprint density at radius 1 is 1.09 bits per heavy atom. The summed E-state index contributed by atoms with van der Waals surface area (Å²) in [5.41, 5.74) is 8.37. The van der Waals surface area contributed by atoms with E-state index >= 15 is 0 Å². The zero-order valence-corrected chi connectivity index (χ0v) is 13.8. The number of benzene rings is 1. The summed E-state index contributed by atoms with van der Waals surface area (Å²) in [6, 6.07) is 10.4. The van der Waals surface area contributed by atoms with Gasteiger partial charge in [-0.05, 0) is 38.3 Å². The van der Waals surface area contributed by atoms with Crippen LogP contribution in [0.1, 0.15) is 49.7 Å². The monoisotopic (exact) mass is 296 g/mol. The predicted octanol–water partition coefficient (Wildman–Crippen LogP) is 4.14. The van der Waals surface area contributed by atoms with Crippen LogP contribution in [-0.4, -0.2) is 15.7 Å². The van der Waals surface area contributed by atoms with Crippen molar-refractivity contribution in [1.82, 2.24) is 9.97 Å². The smallest absolute Gasteiger partial charge is 0.243 e. The lowest BCUT2D eigenvalue weighted by Crippen LogP contribution is -2.05. The summed E-state index contributed by atoms with van der Waals surface area (Å²) in [6.45, 7) is 8.31. The summed E-state index contributed by atoms with van der Waals surface area (Å²) in [6.07, 6.45) is 2.94. The van der Waals surface area contributed by atoms with Gasteiger partial charge in [-0.25, -0.2) is 15.4 Å². The number of aryl methyl sites for hydroxylation is 3. The van der Waals surface area contributed by atoms with Crippen LogP contribution in [0.5, 0.6) is 0 Å². The number of aromatic nitrogens is 2. The van der Waals surface area contributed by atoms with Gasteiger partial charge in [-0.15, -0.1) is 0 Å². The van der Waals surface area contributed by atoms with Gasteiger partial charge in [0, 0.05) is 11.4 Å². The quantitative estimate of drug-likeness (QED) is 0.644. The molecule has 1 aromatic heterocycles. The van der Waals surface area contributed by atoms with E-state index < -0.39 is 0 Å². The van der Waals surface area contributed by atoms with E-state index in [0.29, 0.717) is 5.95 Å². The van der Waals surface area contributed by atoms with Crippen molar-refractivity contribution in [2.75, 3.05) is 5.43 Å². The molecular weight excluding hydrogens is 272 g/mol. The SMILES string of the molecule is CCCc1cc(CC)nc(NN=C(C)c2ccc(C)cc2)n1. The minimum absolute atomic E-state index is 0.578. The molecule has 0 bridgehead atoms. The maximum absolute atomic E-state index is 4.52. The second-order valence-corrected chi connectivity index (χ2v) is 5.45. The van der Waals surface area contributed by atoms with Crippen LogP contribution in [0, 0.1) is 6.92 Å². The van der Waals surface area contributed by atoms with Crippen molar-refractivity contribution in [1.29, 1.82) is 0 Å². The lowest BCUT2D eigenvalue weighted by Gasteiger charge is -2.07. The van der Waals surface area contributed by atoms with E-state index in [1.54, 1.807) is 0 Å². The molecule has 2 rings (SSSR count). The van der Waals surface area contributed by atoms with Crippen molar-refractivity contribution >= 4 is 11.7 Å². The molecule has 4 heteroatoms. The van der Waals surface area contributed by atoms with Crippen molar-refractivity contribution < 1.29 is 0 Å². The van der Waals surface area contributed by atoms with Crippen LogP contribution in [0.4, 0.5) is 5.95 Å².